The summed E-state index contributed by atoms with van der Waals surface area (Å²) >= 11 is 0. The molecule has 162 valence electrons. The van der Waals surface area contributed by atoms with Crippen molar-refractivity contribution in [2.45, 2.75) is 51.4 Å². The molecule has 31 heavy (non-hydrogen) atoms. The first-order chi connectivity index (χ1) is 15.0. The van der Waals surface area contributed by atoms with Crippen LogP contribution in [0, 0.1) is 24.5 Å². The summed E-state index contributed by atoms with van der Waals surface area (Å²) in [5, 5.41) is 0. The van der Waals surface area contributed by atoms with Crippen LogP contribution in [0.4, 0.5) is 17.6 Å². The van der Waals surface area contributed by atoms with Crippen molar-refractivity contribution in [2.75, 3.05) is 0 Å². The Morgan fingerprint density at radius 2 is 1.48 bits per heavy atom. The minimum Gasteiger partial charge on any atom is -0.239 e. The van der Waals surface area contributed by atoms with Gasteiger partial charge in [-0.05, 0) is 53.5 Å². The first kappa shape index (κ1) is 21.6. The lowest BCUT2D eigenvalue weighted by Gasteiger charge is -2.30. The molecule has 1 saturated carbocycles. The number of allylic oxidation sites excluding steroid dienone is 5. The topological polar surface area (TPSA) is 0 Å². The van der Waals surface area contributed by atoms with Crippen LogP contribution in [-0.2, 0) is 0 Å². The molecule has 0 radical (unpaired) electrons. The van der Waals surface area contributed by atoms with E-state index in [0.717, 1.165) is 31.2 Å². The maximum atomic E-state index is 14.8. The zero-order valence-corrected chi connectivity index (χ0v) is 17.6. The van der Waals surface area contributed by atoms with Crippen molar-refractivity contribution in [3.63, 3.8) is 0 Å². The zero-order valence-electron chi connectivity index (χ0n) is 17.6. The maximum Gasteiger partial charge on any atom is 0.166 e. The van der Waals surface area contributed by atoms with E-state index in [9.17, 15) is 17.6 Å². The van der Waals surface area contributed by atoms with E-state index in [1.54, 1.807) is 60.7 Å². The summed E-state index contributed by atoms with van der Waals surface area (Å²) in [4.78, 5) is 0. The molecule has 2 unspecified atom stereocenters. The van der Waals surface area contributed by atoms with Gasteiger partial charge in [-0.25, -0.2) is 17.6 Å². The van der Waals surface area contributed by atoms with E-state index in [-0.39, 0.29) is 17.0 Å². The van der Waals surface area contributed by atoms with Crippen LogP contribution in [-0.4, -0.2) is 12.3 Å². The monoisotopic (exact) mass is 426 g/mol. The molecule has 2 aliphatic carbocycles. The molecular weight excluding hydrogens is 400 g/mol. The Hall–Kier alpha value is -2.62. The highest BCUT2D eigenvalue weighted by Gasteiger charge is 2.33. The molecule has 0 N–H and O–H groups in total. The maximum absolute atomic E-state index is 14.8. The predicted octanol–water partition coefficient (Wildman–Crippen LogP) is 8.08. The fourth-order valence-corrected chi connectivity index (χ4v) is 4.49. The molecule has 1 fully saturated rings. The molecule has 2 atom stereocenters. The van der Waals surface area contributed by atoms with Crippen molar-refractivity contribution in [3.8, 4) is 11.1 Å². The van der Waals surface area contributed by atoms with Crippen LogP contribution in [0.1, 0.15) is 43.2 Å². The Kier molecular flexibility index (Phi) is 6.45. The fourth-order valence-electron chi connectivity index (χ4n) is 4.49. The molecule has 0 amide bonds. The van der Waals surface area contributed by atoms with E-state index in [0.29, 0.717) is 16.7 Å². The molecule has 0 aliphatic heterocycles. The molecular formula is C27H26F4. The lowest BCUT2D eigenvalue weighted by molar-refractivity contribution is 0.204. The summed E-state index contributed by atoms with van der Waals surface area (Å²) < 4.78 is 57.5. The number of rotatable bonds is 4. The van der Waals surface area contributed by atoms with Crippen LogP contribution < -0.4 is 0 Å². The second kappa shape index (κ2) is 9.25. The van der Waals surface area contributed by atoms with Gasteiger partial charge >= 0.3 is 0 Å². The minimum atomic E-state index is -1.66. The minimum absolute atomic E-state index is 0.156. The third-order valence-corrected chi connectivity index (χ3v) is 6.40. The Labute approximate surface area is 181 Å². The van der Waals surface area contributed by atoms with Crippen LogP contribution in [0.15, 0.2) is 65.8 Å². The summed E-state index contributed by atoms with van der Waals surface area (Å²) in [6.07, 6.45) is 8.70. The van der Waals surface area contributed by atoms with Crippen molar-refractivity contribution in [2.24, 2.45) is 5.92 Å². The number of aryl methyl sites for hydroxylation is 1. The molecule has 2 aromatic rings. The summed E-state index contributed by atoms with van der Waals surface area (Å²) in [7, 11) is 0. The van der Waals surface area contributed by atoms with Gasteiger partial charge in [-0.2, -0.15) is 0 Å². The number of benzene rings is 2. The van der Waals surface area contributed by atoms with Gasteiger partial charge in [0, 0.05) is 5.56 Å². The average molecular weight is 426 g/mol. The van der Waals surface area contributed by atoms with E-state index in [4.69, 9.17) is 0 Å². The number of hydrogen-bond acceptors (Lipinski definition) is 0. The number of halogens is 4. The predicted molar refractivity (Wildman–Crippen MR) is 118 cm³/mol. The van der Waals surface area contributed by atoms with E-state index in [2.05, 4.69) is 0 Å². The summed E-state index contributed by atoms with van der Waals surface area (Å²) in [5.41, 5.74) is 2.68. The summed E-state index contributed by atoms with van der Waals surface area (Å²) in [6.45, 7) is 1.52. The lowest BCUT2D eigenvalue weighted by Crippen LogP contribution is -2.28. The van der Waals surface area contributed by atoms with Crippen molar-refractivity contribution in [3.05, 3.63) is 88.5 Å². The first-order valence-corrected chi connectivity index (χ1v) is 10.9. The van der Waals surface area contributed by atoms with Gasteiger partial charge in [-0.1, -0.05) is 80.0 Å². The molecule has 0 heterocycles. The second-order valence-electron chi connectivity index (χ2n) is 8.49. The quantitative estimate of drug-likeness (QED) is 0.434. The molecule has 2 aromatic carbocycles. The molecule has 0 nitrogen and oxygen atoms in total. The summed E-state index contributed by atoms with van der Waals surface area (Å²) in [5.74, 6) is -1.56. The molecule has 0 aromatic heterocycles. The largest absolute Gasteiger partial charge is 0.239 e. The summed E-state index contributed by atoms with van der Waals surface area (Å²) in [6, 6.07) is 9.96. The van der Waals surface area contributed by atoms with Gasteiger partial charge < -0.3 is 0 Å². The van der Waals surface area contributed by atoms with Gasteiger partial charge in [0.15, 0.2) is 24.0 Å². The number of hydrogen-bond donors (Lipinski definition) is 0. The highest BCUT2D eigenvalue weighted by Crippen LogP contribution is 2.37. The Bertz CT molecular complexity index is 1020. The van der Waals surface area contributed by atoms with Gasteiger partial charge in [0.1, 0.15) is 0 Å². The average Bonchev–Trinajstić information content (AvgIpc) is 2.80. The van der Waals surface area contributed by atoms with Crippen molar-refractivity contribution in [1.82, 2.24) is 0 Å². The lowest BCUT2D eigenvalue weighted by atomic mass is 9.78. The van der Waals surface area contributed by atoms with Gasteiger partial charge in [0.05, 0.1) is 0 Å². The molecule has 0 saturated heterocycles. The molecule has 0 bridgehead atoms. The van der Waals surface area contributed by atoms with Crippen molar-refractivity contribution < 1.29 is 17.6 Å². The van der Waals surface area contributed by atoms with Crippen LogP contribution >= 0.6 is 0 Å². The Morgan fingerprint density at radius 3 is 2.19 bits per heavy atom. The van der Waals surface area contributed by atoms with Crippen molar-refractivity contribution in [1.29, 1.82) is 0 Å². The van der Waals surface area contributed by atoms with Crippen LogP contribution in [0.2, 0.25) is 0 Å². The Balaban J connectivity index is 1.50. The molecule has 2 aliphatic rings. The van der Waals surface area contributed by atoms with Crippen molar-refractivity contribution >= 4 is 6.08 Å². The van der Waals surface area contributed by atoms with Gasteiger partial charge in [-0.15, -0.1) is 0 Å². The Morgan fingerprint density at radius 1 is 0.774 bits per heavy atom. The normalized spacial score (nSPS) is 22.5. The highest BCUT2D eigenvalue weighted by molar-refractivity contribution is 5.67. The highest BCUT2D eigenvalue weighted by atomic mass is 19.2. The van der Waals surface area contributed by atoms with Gasteiger partial charge in [-0.3, -0.25) is 0 Å². The van der Waals surface area contributed by atoms with E-state index in [1.807, 2.05) is 0 Å². The first-order valence-electron chi connectivity index (χ1n) is 10.9. The standard InChI is InChI=1S/C27H26F4/c1-17-7-15-22(26(30)24(17)28)20-11-8-18(9-12-20)10-13-21-14-16-23(27(31)25(21)29)19-5-3-2-4-6-19/h7-16,19,25,27H,2-6H2,1H3/b13-10+. The third kappa shape index (κ3) is 4.53. The smallest absolute Gasteiger partial charge is 0.166 e. The van der Waals surface area contributed by atoms with E-state index >= 15 is 0 Å². The van der Waals surface area contributed by atoms with Crippen LogP contribution in [0.3, 0.4) is 0 Å². The second-order valence-corrected chi connectivity index (χ2v) is 8.49. The number of alkyl halides is 2. The molecule has 4 rings (SSSR count). The van der Waals surface area contributed by atoms with Gasteiger partial charge in [0.2, 0.25) is 0 Å². The van der Waals surface area contributed by atoms with Crippen LogP contribution in [0.25, 0.3) is 17.2 Å². The fraction of sp³-hybridized carbons (Fsp3) is 0.333. The van der Waals surface area contributed by atoms with E-state index < -0.39 is 24.0 Å². The van der Waals surface area contributed by atoms with E-state index in [1.165, 1.54) is 13.3 Å². The van der Waals surface area contributed by atoms with Gasteiger partial charge in [0.25, 0.3) is 0 Å². The third-order valence-electron chi connectivity index (χ3n) is 6.40. The molecule has 0 spiro atoms. The molecule has 4 heteroatoms. The zero-order chi connectivity index (χ0) is 22.0. The van der Waals surface area contributed by atoms with Crippen LogP contribution in [0.5, 0.6) is 0 Å². The SMILES string of the molecule is Cc1ccc(-c2ccc(/C=C/C3=CC=C(C4CCCCC4)C(F)C3F)cc2)c(F)c1F.